The van der Waals surface area contributed by atoms with Gasteiger partial charge >= 0.3 is 0 Å². The summed E-state index contributed by atoms with van der Waals surface area (Å²) in [5.74, 6) is 1.61. The fraction of sp³-hybridized carbons (Fsp3) is 0.600. The molecule has 1 N–H and O–H groups in total. The molecule has 1 aromatic rings. The molecule has 1 saturated carbocycles. The van der Waals surface area contributed by atoms with Crippen molar-refractivity contribution in [1.29, 1.82) is 0 Å². The van der Waals surface area contributed by atoms with E-state index in [1.54, 1.807) is 0 Å². The smallest absolute Gasteiger partial charge is 0.253 e. The summed E-state index contributed by atoms with van der Waals surface area (Å²) in [6, 6.07) is 3.72. The molecule has 0 radical (unpaired) electrons. The van der Waals surface area contributed by atoms with Crippen molar-refractivity contribution < 1.29 is 4.79 Å². The topological polar surface area (TPSA) is 45.2 Å². The Hall–Kier alpha value is -1.58. The van der Waals surface area contributed by atoms with Crippen molar-refractivity contribution in [1.82, 2.24) is 9.88 Å². The Morgan fingerprint density at radius 3 is 2.84 bits per heavy atom. The summed E-state index contributed by atoms with van der Waals surface area (Å²) in [6.45, 7) is 5.78. The summed E-state index contributed by atoms with van der Waals surface area (Å²) in [7, 11) is 1.88. The van der Waals surface area contributed by atoms with Crippen LogP contribution in [-0.4, -0.2) is 35.9 Å². The van der Waals surface area contributed by atoms with E-state index in [0.29, 0.717) is 0 Å². The maximum atomic E-state index is 12.4. The lowest BCUT2D eigenvalue weighted by molar-refractivity contribution is 0.0788. The molecule has 0 atom stereocenters. The van der Waals surface area contributed by atoms with Crippen LogP contribution in [0.1, 0.15) is 42.2 Å². The maximum absolute atomic E-state index is 12.4. The lowest BCUT2D eigenvalue weighted by Gasteiger charge is -2.17. The fourth-order valence-corrected chi connectivity index (χ4v) is 2.13. The Kier molecular flexibility index (Phi) is 4.40. The van der Waals surface area contributed by atoms with E-state index in [-0.39, 0.29) is 5.91 Å². The average Bonchev–Trinajstić information content (AvgIpc) is 3.18. The van der Waals surface area contributed by atoms with Gasteiger partial charge in [0.15, 0.2) is 0 Å². The standard InChI is InChI=1S/C15H23N3O/c1-4-7-16-14-9-13(8-11(2)17-14)15(19)18(3)10-12-5-6-12/h8-9,12H,4-7,10H2,1-3H3,(H,16,17). The van der Waals surface area contributed by atoms with Crippen molar-refractivity contribution >= 4 is 11.7 Å². The number of carbonyl (C=O) groups excluding carboxylic acids is 1. The molecule has 0 unspecified atom stereocenters. The van der Waals surface area contributed by atoms with E-state index < -0.39 is 0 Å². The van der Waals surface area contributed by atoms with Crippen molar-refractivity contribution in [3.05, 3.63) is 23.4 Å². The number of hydrogen-bond donors (Lipinski definition) is 1. The molecular weight excluding hydrogens is 238 g/mol. The van der Waals surface area contributed by atoms with Gasteiger partial charge in [0.1, 0.15) is 5.82 Å². The van der Waals surface area contributed by atoms with Crippen molar-refractivity contribution in [3.8, 4) is 0 Å². The molecule has 1 fully saturated rings. The Morgan fingerprint density at radius 1 is 1.47 bits per heavy atom. The van der Waals surface area contributed by atoms with Gasteiger partial charge in [-0.25, -0.2) is 4.98 Å². The first-order valence-electron chi connectivity index (χ1n) is 7.08. The lowest BCUT2D eigenvalue weighted by Crippen LogP contribution is -2.29. The zero-order chi connectivity index (χ0) is 13.8. The first-order chi connectivity index (χ1) is 9.10. The highest BCUT2D eigenvalue weighted by Crippen LogP contribution is 2.29. The lowest BCUT2D eigenvalue weighted by atomic mass is 10.2. The number of anilines is 1. The number of pyridine rings is 1. The zero-order valence-corrected chi connectivity index (χ0v) is 12.1. The molecule has 19 heavy (non-hydrogen) atoms. The van der Waals surface area contributed by atoms with Gasteiger partial charge in [-0.05, 0) is 44.2 Å². The second kappa shape index (κ2) is 6.04. The van der Waals surface area contributed by atoms with Crippen molar-refractivity contribution in [3.63, 3.8) is 0 Å². The minimum atomic E-state index is 0.0944. The van der Waals surface area contributed by atoms with Crippen LogP contribution >= 0.6 is 0 Å². The molecule has 0 aromatic carbocycles. The molecular formula is C15H23N3O. The van der Waals surface area contributed by atoms with E-state index in [1.165, 1.54) is 12.8 Å². The van der Waals surface area contributed by atoms with Gasteiger partial charge in [-0.15, -0.1) is 0 Å². The summed E-state index contributed by atoms with van der Waals surface area (Å²) in [4.78, 5) is 18.6. The van der Waals surface area contributed by atoms with Crippen LogP contribution in [-0.2, 0) is 0 Å². The van der Waals surface area contributed by atoms with E-state index in [1.807, 2.05) is 31.0 Å². The molecule has 1 aliphatic carbocycles. The second-order valence-electron chi connectivity index (χ2n) is 5.44. The summed E-state index contributed by atoms with van der Waals surface area (Å²) < 4.78 is 0. The molecule has 104 valence electrons. The summed E-state index contributed by atoms with van der Waals surface area (Å²) >= 11 is 0. The molecule has 0 spiro atoms. The van der Waals surface area contributed by atoms with Crippen LogP contribution < -0.4 is 5.32 Å². The van der Waals surface area contributed by atoms with E-state index in [9.17, 15) is 4.79 Å². The van der Waals surface area contributed by atoms with Crippen molar-refractivity contribution in [2.75, 3.05) is 25.5 Å². The van der Waals surface area contributed by atoms with E-state index in [4.69, 9.17) is 0 Å². The third-order valence-corrected chi connectivity index (χ3v) is 3.33. The largest absolute Gasteiger partial charge is 0.370 e. The van der Waals surface area contributed by atoms with Gasteiger partial charge in [-0.2, -0.15) is 0 Å². The van der Waals surface area contributed by atoms with E-state index in [2.05, 4.69) is 17.2 Å². The van der Waals surface area contributed by atoms with Gasteiger partial charge in [0.25, 0.3) is 5.91 Å². The Labute approximate surface area is 115 Å². The number of nitrogens with zero attached hydrogens (tertiary/aromatic N) is 2. The minimum Gasteiger partial charge on any atom is -0.370 e. The Morgan fingerprint density at radius 2 is 2.21 bits per heavy atom. The van der Waals surface area contributed by atoms with Crippen LogP contribution in [0.4, 0.5) is 5.82 Å². The average molecular weight is 261 g/mol. The van der Waals surface area contributed by atoms with Crippen LogP contribution in [0.3, 0.4) is 0 Å². The quantitative estimate of drug-likeness (QED) is 0.856. The molecule has 1 amide bonds. The second-order valence-corrected chi connectivity index (χ2v) is 5.44. The first kappa shape index (κ1) is 13.8. The number of rotatable bonds is 6. The number of hydrogen-bond acceptors (Lipinski definition) is 3. The zero-order valence-electron chi connectivity index (χ0n) is 12.1. The molecule has 4 heteroatoms. The van der Waals surface area contributed by atoms with E-state index >= 15 is 0 Å². The van der Waals surface area contributed by atoms with Gasteiger partial charge in [-0.1, -0.05) is 6.92 Å². The summed E-state index contributed by atoms with van der Waals surface area (Å²) in [5, 5.41) is 3.24. The molecule has 0 aliphatic heterocycles. The highest BCUT2D eigenvalue weighted by Gasteiger charge is 2.25. The maximum Gasteiger partial charge on any atom is 0.253 e. The minimum absolute atomic E-state index is 0.0944. The number of aryl methyl sites for hydroxylation is 1. The third kappa shape index (κ3) is 3.94. The molecule has 0 saturated heterocycles. The SMILES string of the molecule is CCCNc1cc(C(=O)N(C)CC2CC2)cc(C)n1. The fourth-order valence-electron chi connectivity index (χ4n) is 2.13. The van der Waals surface area contributed by atoms with Gasteiger partial charge in [0, 0.05) is 31.4 Å². The monoisotopic (exact) mass is 261 g/mol. The first-order valence-corrected chi connectivity index (χ1v) is 7.08. The Balaban J connectivity index is 2.08. The summed E-state index contributed by atoms with van der Waals surface area (Å²) in [6.07, 6.45) is 3.56. The van der Waals surface area contributed by atoms with Crippen LogP contribution in [0.5, 0.6) is 0 Å². The van der Waals surface area contributed by atoms with Crippen LogP contribution in [0, 0.1) is 12.8 Å². The van der Waals surface area contributed by atoms with Crippen molar-refractivity contribution in [2.24, 2.45) is 5.92 Å². The molecule has 1 heterocycles. The number of carbonyl (C=O) groups is 1. The molecule has 0 bridgehead atoms. The van der Waals surface area contributed by atoms with Crippen LogP contribution in [0.2, 0.25) is 0 Å². The molecule has 1 aliphatic rings. The molecule has 4 nitrogen and oxygen atoms in total. The normalized spacial score (nSPS) is 14.3. The molecule has 2 rings (SSSR count). The van der Waals surface area contributed by atoms with Gasteiger partial charge in [0.2, 0.25) is 0 Å². The molecule has 1 aromatic heterocycles. The Bertz CT molecular complexity index is 455. The van der Waals surface area contributed by atoms with Crippen LogP contribution in [0.15, 0.2) is 12.1 Å². The number of amides is 1. The van der Waals surface area contributed by atoms with Gasteiger partial charge in [-0.3, -0.25) is 4.79 Å². The summed E-state index contributed by atoms with van der Waals surface area (Å²) in [5.41, 5.74) is 1.61. The van der Waals surface area contributed by atoms with Crippen molar-refractivity contribution in [2.45, 2.75) is 33.1 Å². The van der Waals surface area contributed by atoms with E-state index in [0.717, 1.165) is 42.5 Å². The number of nitrogens with one attached hydrogen (secondary N) is 1. The van der Waals surface area contributed by atoms with Crippen LogP contribution in [0.25, 0.3) is 0 Å². The predicted octanol–water partition coefficient (Wildman–Crippen LogP) is 2.69. The third-order valence-electron chi connectivity index (χ3n) is 3.33. The van der Waals surface area contributed by atoms with Gasteiger partial charge in [0.05, 0.1) is 0 Å². The predicted molar refractivity (Wildman–Crippen MR) is 77.4 cm³/mol. The highest BCUT2D eigenvalue weighted by molar-refractivity contribution is 5.94. The number of aromatic nitrogens is 1. The highest BCUT2D eigenvalue weighted by atomic mass is 16.2. The van der Waals surface area contributed by atoms with Gasteiger partial charge < -0.3 is 10.2 Å².